The number of nitrogens with one attached hydrogen (secondary N) is 3. The van der Waals surface area contributed by atoms with Crippen molar-refractivity contribution in [2.75, 3.05) is 13.1 Å². The Labute approximate surface area is 201 Å². The highest BCUT2D eigenvalue weighted by Gasteiger charge is 2.16. The van der Waals surface area contributed by atoms with E-state index in [9.17, 15) is 0 Å². The first kappa shape index (κ1) is 23.5. The first-order chi connectivity index (χ1) is 16.6. The molecule has 0 spiro atoms. The van der Waals surface area contributed by atoms with Crippen LogP contribution >= 0.6 is 0 Å². The van der Waals surface area contributed by atoms with E-state index in [1.807, 2.05) is 32.2 Å². The zero-order valence-corrected chi connectivity index (χ0v) is 20.2. The van der Waals surface area contributed by atoms with E-state index in [0.717, 1.165) is 58.9 Å². The van der Waals surface area contributed by atoms with E-state index in [-0.39, 0.29) is 0 Å². The number of rotatable bonds is 7. The Kier molecular flexibility index (Phi) is 7.56. The smallest absolute Gasteiger partial charge is 0.181 e. The van der Waals surface area contributed by atoms with Crippen LogP contribution in [-0.4, -0.2) is 38.2 Å². The quantitative estimate of drug-likeness (QED) is 0.322. The molecular weight excluding hydrogens is 420 g/mol. The molecule has 6 heteroatoms. The SMILES string of the molecule is C=C/C=C\c1nc(-c2[nH]nc3ncc(C(/C=C(\C#CC)CC4CCNCC4)=C/C)cc23)[nH]c1C. The minimum atomic E-state index is 0.665. The summed E-state index contributed by atoms with van der Waals surface area (Å²) in [6.45, 7) is 11.9. The average Bonchev–Trinajstić information content (AvgIpc) is 3.44. The molecule has 3 aromatic heterocycles. The van der Waals surface area contributed by atoms with Gasteiger partial charge in [-0.05, 0) is 82.8 Å². The van der Waals surface area contributed by atoms with E-state index in [1.165, 1.54) is 18.4 Å². The summed E-state index contributed by atoms with van der Waals surface area (Å²) in [5.41, 5.74) is 6.67. The summed E-state index contributed by atoms with van der Waals surface area (Å²) in [6.07, 6.45) is 15.2. The first-order valence-electron chi connectivity index (χ1n) is 11.8. The molecule has 174 valence electrons. The lowest BCUT2D eigenvalue weighted by atomic mass is 9.89. The lowest BCUT2D eigenvalue weighted by Crippen LogP contribution is -2.27. The summed E-state index contributed by atoms with van der Waals surface area (Å²) in [6, 6.07) is 2.13. The number of aryl methyl sites for hydroxylation is 1. The third-order valence-electron chi connectivity index (χ3n) is 6.19. The Balaban J connectivity index is 1.68. The normalized spacial score (nSPS) is 15.6. The fourth-order valence-corrected chi connectivity index (χ4v) is 4.38. The average molecular weight is 453 g/mol. The van der Waals surface area contributed by atoms with Gasteiger partial charge < -0.3 is 10.3 Å². The number of hydrogen-bond donors (Lipinski definition) is 3. The van der Waals surface area contributed by atoms with Crippen LogP contribution in [-0.2, 0) is 0 Å². The molecule has 0 unspecified atom stereocenters. The number of nitrogens with zero attached hydrogens (tertiary/aromatic N) is 3. The molecule has 1 aliphatic heterocycles. The van der Waals surface area contributed by atoms with Gasteiger partial charge in [-0.15, -0.1) is 5.92 Å². The molecular formula is C28H32N6. The van der Waals surface area contributed by atoms with Gasteiger partial charge in [0.25, 0.3) is 0 Å². The maximum atomic E-state index is 4.73. The van der Waals surface area contributed by atoms with Gasteiger partial charge in [0.2, 0.25) is 0 Å². The number of allylic oxidation sites excluding steroid dienone is 6. The highest BCUT2D eigenvalue weighted by Crippen LogP contribution is 2.29. The second-order valence-corrected chi connectivity index (χ2v) is 8.57. The van der Waals surface area contributed by atoms with Gasteiger partial charge in [0.15, 0.2) is 11.5 Å². The Morgan fingerprint density at radius 1 is 1.29 bits per heavy atom. The summed E-state index contributed by atoms with van der Waals surface area (Å²) in [5, 5.41) is 11.9. The predicted molar refractivity (Wildman–Crippen MR) is 141 cm³/mol. The van der Waals surface area contributed by atoms with Gasteiger partial charge in [-0.3, -0.25) is 5.10 Å². The molecule has 3 aromatic rings. The Morgan fingerprint density at radius 3 is 2.85 bits per heavy atom. The summed E-state index contributed by atoms with van der Waals surface area (Å²) in [5.74, 6) is 7.86. The summed E-state index contributed by atoms with van der Waals surface area (Å²) < 4.78 is 0. The third kappa shape index (κ3) is 5.27. The molecule has 4 rings (SSSR count). The molecule has 0 saturated carbocycles. The zero-order chi connectivity index (χ0) is 23.9. The van der Waals surface area contributed by atoms with Gasteiger partial charge in [0.1, 0.15) is 5.69 Å². The highest BCUT2D eigenvalue weighted by molar-refractivity contribution is 5.92. The third-order valence-corrected chi connectivity index (χ3v) is 6.19. The number of H-pyrrole nitrogens is 2. The van der Waals surface area contributed by atoms with Gasteiger partial charge in [-0.25, -0.2) is 9.97 Å². The van der Waals surface area contributed by atoms with Gasteiger partial charge >= 0.3 is 0 Å². The molecule has 1 saturated heterocycles. The molecule has 4 heterocycles. The van der Waals surface area contributed by atoms with E-state index in [0.29, 0.717) is 11.6 Å². The number of imidazole rings is 1. The summed E-state index contributed by atoms with van der Waals surface area (Å²) >= 11 is 0. The van der Waals surface area contributed by atoms with E-state index in [2.05, 4.69) is 69.0 Å². The minimum Gasteiger partial charge on any atom is -0.340 e. The molecule has 1 aliphatic rings. The number of pyridine rings is 1. The Morgan fingerprint density at radius 2 is 2.12 bits per heavy atom. The molecule has 0 radical (unpaired) electrons. The van der Waals surface area contributed by atoms with Crippen molar-refractivity contribution in [3.05, 3.63) is 65.7 Å². The van der Waals surface area contributed by atoms with Crippen LogP contribution < -0.4 is 5.32 Å². The monoisotopic (exact) mass is 452 g/mol. The molecule has 0 amide bonds. The molecule has 1 fully saturated rings. The highest BCUT2D eigenvalue weighted by atomic mass is 15.2. The lowest BCUT2D eigenvalue weighted by molar-refractivity contribution is 0.374. The Bertz CT molecular complexity index is 1320. The van der Waals surface area contributed by atoms with Crippen LogP contribution in [0.4, 0.5) is 0 Å². The van der Waals surface area contributed by atoms with Crippen molar-refractivity contribution in [1.82, 2.24) is 30.5 Å². The van der Waals surface area contributed by atoms with Crippen molar-refractivity contribution in [2.45, 2.75) is 40.0 Å². The largest absolute Gasteiger partial charge is 0.340 e. The van der Waals surface area contributed by atoms with Crippen molar-refractivity contribution in [2.24, 2.45) is 5.92 Å². The van der Waals surface area contributed by atoms with Gasteiger partial charge in [0.05, 0.1) is 11.1 Å². The fraction of sp³-hybridized carbons (Fsp3) is 0.321. The molecule has 3 N–H and O–H groups in total. The van der Waals surface area contributed by atoms with E-state index < -0.39 is 0 Å². The summed E-state index contributed by atoms with van der Waals surface area (Å²) in [4.78, 5) is 12.7. The lowest BCUT2D eigenvalue weighted by Gasteiger charge is -2.22. The Hall–Kier alpha value is -3.69. The van der Waals surface area contributed by atoms with Crippen LogP contribution in [0.3, 0.4) is 0 Å². The van der Waals surface area contributed by atoms with Crippen molar-refractivity contribution < 1.29 is 0 Å². The molecule has 34 heavy (non-hydrogen) atoms. The molecule has 0 aliphatic carbocycles. The van der Waals surface area contributed by atoms with Crippen LogP contribution in [0.25, 0.3) is 34.2 Å². The van der Waals surface area contributed by atoms with Gasteiger partial charge in [-0.2, -0.15) is 5.10 Å². The first-order valence-corrected chi connectivity index (χ1v) is 11.8. The molecule has 0 aromatic carbocycles. The van der Waals surface area contributed by atoms with Crippen molar-refractivity contribution in [3.8, 4) is 23.4 Å². The molecule has 0 atom stereocenters. The van der Waals surface area contributed by atoms with Gasteiger partial charge in [-0.1, -0.05) is 30.7 Å². The number of fused-ring (bicyclic) bond motifs is 1. The number of aromatic amines is 2. The number of hydrogen-bond acceptors (Lipinski definition) is 4. The van der Waals surface area contributed by atoms with E-state index in [4.69, 9.17) is 4.98 Å². The maximum Gasteiger partial charge on any atom is 0.181 e. The van der Waals surface area contributed by atoms with Crippen molar-refractivity contribution in [1.29, 1.82) is 0 Å². The van der Waals surface area contributed by atoms with E-state index >= 15 is 0 Å². The topological polar surface area (TPSA) is 82.3 Å². The van der Waals surface area contributed by atoms with Crippen LogP contribution in [0, 0.1) is 24.7 Å². The zero-order valence-electron chi connectivity index (χ0n) is 20.2. The van der Waals surface area contributed by atoms with Crippen LogP contribution in [0.15, 0.2) is 48.7 Å². The number of piperidine rings is 1. The van der Waals surface area contributed by atoms with Crippen LogP contribution in [0.2, 0.25) is 0 Å². The van der Waals surface area contributed by atoms with Crippen molar-refractivity contribution in [3.63, 3.8) is 0 Å². The molecule has 0 bridgehead atoms. The second-order valence-electron chi connectivity index (χ2n) is 8.57. The van der Waals surface area contributed by atoms with Crippen LogP contribution in [0.5, 0.6) is 0 Å². The second kappa shape index (κ2) is 11.0. The minimum absolute atomic E-state index is 0.665. The fourth-order valence-electron chi connectivity index (χ4n) is 4.38. The maximum absolute atomic E-state index is 4.73. The van der Waals surface area contributed by atoms with Gasteiger partial charge in [0, 0.05) is 23.0 Å². The number of aromatic nitrogens is 5. The summed E-state index contributed by atoms with van der Waals surface area (Å²) in [7, 11) is 0. The van der Waals surface area contributed by atoms with E-state index in [1.54, 1.807) is 6.08 Å². The molecule has 6 nitrogen and oxygen atoms in total. The predicted octanol–water partition coefficient (Wildman–Crippen LogP) is 5.60. The van der Waals surface area contributed by atoms with Crippen molar-refractivity contribution >= 4 is 22.7 Å². The van der Waals surface area contributed by atoms with Crippen LogP contribution in [0.1, 0.15) is 50.1 Å². The standard InChI is InChI=1S/C28H32N6/c1-5-8-10-25-19(4)31-28(32-25)26-24-17-23(18-30-27(24)34-33-26)22(7-3)16-21(9-6-2)15-20-11-13-29-14-12-20/h5,7-8,10,16-18,20,29H,1,11-15H2,2-4H3,(H,31,32)(H,30,33,34)/b10-8-,21-16+,22-7+.